The van der Waals surface area contributed by atoms with Gasteiger partial charge in [-0.3, -0.25) is 4.79 Å². The quantitative estimate of drug-likeness (QED) is 0.204. The lowest BCUT2D eigenvalue weighted by Gasteiger charge is -2.22. The molecule has 26 heavy (non-hydrogen) atoms. The summed E-state index contributed by atoms with van der Waals surface area (Å²) in [5.41, 5.74) is 1.24. The summed E-state index contributed by atoms with van der Waals surface area (Å²) in [6, 6.07) is 14.5. The van der Waals surface area contributed by atoms with Crippen molar-refractivity contribution in [2.24, 2.45) is 11.1 Å². The van der Waals surface area contributed by atoms with Gasteiger partial charge < -0.3 is 10.4 Å². The number of hydrogen-bond acceptors (Lipinski definition) is 4. The van der Waals surface area contributed by atoms with Gasteiger partial charge in [0.25, 0.3) is 5.78 Å². The zero-order valence-corrected chi connectivity index (χ0v) is 15.6. The second-order valence-corrected chi connectivity index (χ2v) is 6.72. The summed E-state index contributed by atoms with van der Waals surface area (Å²) >= 11 is 5.84. The van der Waals surface area contributed by atoms with Gasteiger partial charge in [0.2, 0.25) is 11.8 Å². The molecule has 0 amide bonds. The Hall–Kier alpha value is -2.66. The molecule has 0 aliphatic heterocycles. The van der Waals surface area contributed by atoms with Crippen molar-refractivity contribution in [2.75, 3.05) is 0 Å². The van der Waals surface area contributed by atoms with Gasteiger partial charge in [-0.05, 0) is 24.3 Å². The van der Waals surface area contributed by atoms with Gasteiger partial charge in [0.05, 0.1) is 0 Å². The van der Waals surface area contributed by atoms with Crippen LogP contribution in [-0.4, -0.2) is 33.2 Å². The van der Waals surface area contributed by atoms with Crippen molar-refractivity contribution in [3.63, 3.8) is 0 Å². The van der Waals surface area contributed by atoms with Crippen LogP contribution in [0.15, 0.2) is 59.8 Å². The third kappa shape index (κ3) is 4.29. The first-order chi connectivity index (χ1) is 12.4. The van der Waals surface area contributed by atoms with Crippen LogP contribution in [0.3, 0.4) is 0 Å². The van der Waals surface area contributed by atoms with Crippen molar-refractivity contribution in [2.45, 2.75) is 26.8 Å². The van der Waals surface area contributed by atoms with Crippen LogP contribution in [-0.2, 0) is 0 Å². The molecule has 2 aromatic rings. The molecule has 2 aromatic carbocycles. The minimum Gasteiger partial charge on any atom is -0.623 e. The molecule has 0 saturated carbocycles. The number of halogens is 1. The van der Waals surface area contributed by atoms with Crippen LogP contribution < -0.4 is 0 Å². The zero-order valence-electron chi connectivity index (χ0n) is 14.9. The van der Waals surface area contributed by atoms with Crippen LogP contribution in [0, 0.1) is 11.1 Å². The molecule has 0 fully saturated rings. The minimum atomic E-state index is -0.807. The van der Waals surface area contributed by atoms with Gasteiger partial charge in [0, 0.05) is 29.0 Å². The summed E-state index contributed by atoms with van der Waals surface area (Å²) in [6.07, 6.45) is 0. The van der Waals surface area contributed by atoms with E-state index in [1.807, 2.05) is 19.9 Å². The highest BCUT2D eigenvalue weighted by atomic mass is 35.5. The van der Waals surface area contributed by atoms with Crippen LogP contribution >= 0.6 is 11.6 Å². The van der Waals surface area contributed by atoms with Crippen LogP contribution in [0.4, 0.5) is 0 Å². The molecule has 0 bridgehead atoms. The van der Waals surface area contributed by atoms with Crippen molar-refractivity contribution in [3.05, 3.63) is 76.0 Å². The van der Waals surface area contributed by atoms with Crippen molar-refractivity contribution in [1.29, 1.82) is 0 Å². The largest absolute Gasteiger partial charge is 0.623 e. The third-order valence-electron chi connectivity index (χ3n) is 4.11. The Balaban J connectivity index is 2.46. The smallest absolute Gasteiger partial charge is 0.252 e. The fourth-order valence-corrected chi connectivity index (χ4v) is 2.84. The second kappa shape index (κ2) is 8.63. The molecule has 0 aromatic heterocycles. The highest BCUT2D eigenvalue weighted by Gasteiger charge is 2.32. The lowest BCUT2D eigenvalue weighted by Crippen LogP contribution is -2.40. The number of hydrogen-bond donors (Lipinski definition) is 1. The topological polar surface area (TPSA) is 75.7 Å². The Morgan fingerprint density at radius 1 is 1.08 bits per heavy atom. The average Bonchev–Trinajstić information content (AvgIpc) is 2.65. The monoisotopic (exact) mass is 372 g/mol. The lowest BCUT2D eigenvalue weighted by atomic mass is 9.94. The van der Waals surface area contributed by atoms with Crippen molar-refractivity contribution < 1.29 is 14.7 Å². The Morgan fingerprint density at radius 2 is 1.65 bits per heavy atom. The predicted octanol–water partition coefficient (Wildman–Crippen LogP) is 4.40. The van der Waals surface area contributed by atoms with E-state index in [0.29, 0.717) is 20.9 Å². The van der Waals surface area contributed by atoms with Crippen molar-refractivity contribution in [3.8, 4) is 0 Å². The highest BCUT2D eigenvalue weighted by Crippen LogP contribution is 2.16. The summed E-state index contributed by atoms with van der Waals surface area (Å²) in [5, 5.41) is 26.4. The molecule has 2 rings (SSSR count). The van der Waals surface area contributed by atoms with E-state index in [-0.39, 0.29) is 17.3 Å². The van der Waals surface area contributed by atoms with E-state index in [4.69, 9.17) is 11.6 Å². The molecule has 0 aliphatic rings. The van der Waals surface area contributed by atoms with Crippen LogP contribution in [0.1, 0.15) is 36.7 Å². The van der Waals surface area contributed by atoms with Gasteiger partial charge in [-0.2, -0.15) is 4.74 Å². The maximum absolute atomic E-state index is 13.0. The number of hydroxylamine groups is 1. The summed E-state index contributed by atoms with van der Waals surface area (Å²) in [7, 11) is 0. The lowest BCUT2D eigenvalue weighted by molar-refractivity contribution is -0.488. The highest BCUT2D eigenvalue weighted by molar-refractivity contribution is 6.43. The van der Waals surface area contributed by atoms with Gasteiger partial charge in [-0.15, -0.1) is 0 Å². The summed E-state index contributed by atoms with van der Waals surface area (Å²) in [5.74, 6) is -0.584. The maximum Gasteiger partial charge on any atom is 0.252 e. The molecule has 5 nitrogen and oxygen atoms in total. The molecule has 0 aliphatic carbocycles. The van der Waals surface area contributed by atoms with Crippen molar-refractivity contribution in [1.82, 2.24) is 0 Å². The van der Waals surface area contributed by atoms with E-state index in [2.05, 4.69) is 5.16 Å². The average molecular weight is 373 g/mol. The first-order valence-electron chi connectivity index (χ1n) is 8.24. The number of ketones is 1. The number of nitrogens with zero attached hydrogens (tertiary/aromatic N) is 2. The second-order valence-electron chi connectivity index (χ2n) is 6.29. The van der Waals surface area contributed by atoms with Gasteiger partial charge in [0.1, 0.15) is 0 Å². The van der Waals surface area contributed by atoms with E-state index >= 15 is 0 Å². The molecular weight excluding hydrogens is 352 g/mol. The van der Waals surface area contributed by atoms with Crippen LogP contribution in [0.5, 0.6) is 0 Å². The van der Waals surface area contributed by atoms with Crippen molar-refractivity contribution >= 4 is 28.8 Å². The number of benzene rings is 2. The zero-order chi connectivity index (χ0) is 19.3. The first kappa shape index (κ1) is 19.7. The number of carbonyl (C=O) groups is 1. The number of Topliss-reactive ketones (excluding diaryl/α,β-unsaturated/α-hetero) is 1. The predicted molar refractivity (Wildman–Crippen MR) is 103 cm³/mol. The molecule has 1 unspecified atom stereocenters. The molecule has 1 N–H and O–H groups in total. The Bertz CT molecular complexity index is 828. The number of oxime groups is 1. The summed E-state index contributed by atoms with van der Waals surface area (Å²) < 4.78 is 0.629. The van der Waals surface area contributed by atoms with Gasteiger partial charge >= 0.3 is 0 Å². The third-order valence-corrected chi connectivity index (χ3v) is 4.36. The Kier molecular flexibility index (Phi) is 6.52. The summed E-state index contributed by atoms with van der Waals surface area (Å²) in [6.45, 7) is 5.15. The van der Waals surface area contributed by atoms with E-state index in [9.17, 15) is 15.2 Å². The molecule has 136 valence electrons. The normalized spacial score (nSPS) is 14.1. The molecule has 0 spiro atoms. The van der Waals surface area contributed by atoms with Gasteiger partial charge in [-0.1, -0.05) is 60.9 Å². The van der Waals surface area contributed by atoms with Crippen LogP contribution in [0.25, 0.3) is 0 Å². The first-order valence-corrected chi connectivity index (χ1v) is 8.62. The van der Waals surface area contributed by atoms with Gasteiger partial charge in [0.15, 0.2) is 5.71 Å². The SMILES string of the molecule is C/C(C(=O)c1ccc(Cl)cc1)=[N+](/[O-])C(/C(=N/O)c1ccccc1)C(C)C. The van der Waals surface area contributed by atoms with E-state index in [1.54, 1.807) is 48.5 Å². The Morgan fingerprint density at radius 3 is 2.15 bits per heavy atom. The van der Waals surface area contributed by atoms with E-state index < -0.39 is 11.8 Å². The molecule has 0 heterocycles. The molecule has 0 saturated heterocycles. The fourth-order valence-electron chi connectivity index (χ4n) is 2.71. The summed E-state index contributed by atoms with van der Waals surface area (Å²) in [4.78, 5) is 12.6. The molecule has 1 atom stereocenters. The van der Waals surface area contributed by atoms with Gasteiger partial charge in [-0.25, -0.2) is 0 Å². The van der Waals surface area contributed by atoms with E-state index in [1.165, 1.54) is 6.92 Å². The molecule has 0 radical (unpaired) electrons. The Labute approximate surface area is 157 Å². The standard InChI is InChI=1S/C20H21ClN2O3/c1-13(2)19(18(22-25)15-7-5-4-6-8-15)23(26)14(3)20(24)16-9-11-17(21)12-10-16/h4-13,19,25H,1-3H3/b22-18+,23-14-. The van der Waals surface area contributed by atoms with E-state index in [0.717, 1.165) is 0 Å². The number of carbonyl (C=O) groups excluding carboxylic acids is 1. The minimum absolute atomic E-state index is 0.0168. The van der Waals surface area contributed by atoms with Crippen LogP contribution in [0.2, 0.25) is 5.02 Å². The molecule has 6 heteroatoms. The fraction of sp³-hybridized carbons (Fsp3) is 0.250. The maximum atomic E-state index is 13.0. The number of rotatable bonds is 6. The molecular formula is C20H21ClN2O3.